The first-order chi connectivity index (χ1) is 12.1. The van der Waals surface area contributed by atoms with Gasteiger partial charge in [0.25, 0.3) is 0 Å². The normalized spacial score (nSPS) is 21.3. The Bertz CT molecular complexity index is 584. The third kappa shape index (κ3) is 4.82. The van der Waals surface area contributed by atoms with Gasteiger partial charge in [-0.05, 0) is 25.5 Å². The number of benzene rings is 1. The average molecular weight is 343 g/mol. The summed E-state index contributed by atoms with van der Waals surface area (Å²) in [6.07, 6.45) is 5.00. The van der Waals surface area contributed by atoms with Crippen LogP contribution in [0.3, 0.4) is 0 Å². The van der Waals surface area contributed by atoms with E-state index in [1.165, 1.54) is 18.4 Å². The predicted octanol–water partition coefficient (Wildman–Crippen LogP) is 2.03. The molecule has 0 bridgehead atoms. The standard InChI is InChI=1S/C20H29N3O2/c1-22(14-16-7-3-2-4-8-16)12-11-21-20(25)17-13-19(24)23(15-17)18-9-5-6-10-18/h2-4,7-8,17-18H,5-6,9-15H2,1H3,(H,21,25)/t17-/m1/s1. The predicted molar refractivity (Wildman–Crippen MR) is 97.9 cm³/mol. The summed E-state index contributed by atoms with van der Waals surface area (Å²) in [7, 11) is 2.06. The highest BCUT2D eigenvalue weighted by molar-refractivity contribution is 5.89. The number of carbonyl (C=O) groups is 2. The summed E-state index contributed by atoms with van der Waals surface area (Å²) in [6, 6.07) is 10.7. The van der Waals surface area contributed by atoms with E-state index in [2.05, 4.69) is 29.4 Å². The lowest BCUT2D eigenvalue weighted by atomic mass is 10.1. The lowest BCUT2D eigenvalue weighted by Crippen LogP contribution is -2.39. The molecule has 1 aliphatic heterocycles. The zero-order valence-electron chi connectivity index (χ0n) is 15.1. The third-order valence-corrected chi connectivity index (χ3v) is 5.38. The molecular weight excluding hydrogens is 314 g/mol. The van der Waals surface area contributed by atoms with Crippen molar-refractivity contribution >= 4 is 11.8 Å². The molecule has 1 aliphatic carbocycles. The van der Waals surface area contributed by atoms with Crippen LogP contribution in [0.4, 0.5) is 0 Å². The number of nitrogens with one attached hydrogen (secondary N) is 1. The molecule has 1 atom stereocenters. The van der Waals surface area contributed by atoms with Crippen molar-refractivity contribution in [1.82, 2.24) is 15.1 Å². The molecule has 0 unspecified atom stereocenters. The lowest BCUT2D eigenvalue weighted by molar-refractivity contribution is -0.130. The van der Waals surface area contributed by atoms with E-state index in [0.717, 1.165) is 25.9 Å². The van der Waals surface area contributed by atoms with E-state index in [1.54, 1.807) is 0 Å². The van der Waals surface area contributed by atoms with Crippen LogP contribution in [0.2, 0.25) is 0 Å². The maximum atomic E-state index is 12.4. The number of likely N-dealkylation sites (tertiary alicyclic amines) is 1. The molecule has 1 heterocycles. The van der Waals surface area contributed by atoms with Gasteiger partial charge in [0.1, 0.15) is 0 Å². The SMILES string of the molecule is CN(CCNC(=O)[C@@H]1CC(=O)N(C2CCCC2)C1)Cc1ccccc1. The molecule has 5 nitrogen and oxygen atoms in total. The van der Waals surface area contributed by atoms with Crippen LogP contribution >= 0.6 is 0 Å². The highest BCUT2D eigenvalue weighted by Crippen LogP contribution is 2.29. The van der Waals surface area contributed by atoms with Gasteiger partial charge < -0.3 is 15.1 Å². The number of nitrogens with zero attached hydrogens (tertiary/aromatic N) is 2. The highest BCUT2D eigenvalue weighted by Gasteiger charge is 2.38. The quantitative estimate of drug-likeness (QED) is 0.824. The minimum absolute atomic E-state index is 0.0296. The molecule has 0 aromatic heterocycles. The molecule has 5 heteroatoms. The molecule has 136 valence electrons. The van der Waals surface area contributed by atoms with Crippen molar-refractivity contribution in [2.45, 2.75) is 44.7 Å². The van der Waals surface area contributed by atoms with Gasteiger partial charge in [-0.1, -0.05) is 43.2 Å². The molecule has 3 rings (SSSR count). The summed E-state index contributed by atoms with van der Waals surface area (Å²) in [6.45, 7) is 2.90. The Morgan fingerprint density at radius 1 is 1.24 bits per heavy atom. The largest absolute Gasteiger partial charge is 0.355 e. The Kier molecular flexibility index (Phi) is 6.08. The molecule has 1 aromatic rings. The molecule has 1 saturated heterocycles. The highest BCUT2D eigenvalue weighted by atomic mass is 16.2. The third-order valence-electron chi connectivity index (χ3n) is 5.38. The molecule has 2 fully saturated rings. The first kappa shape index (κ1) is 17.9. The molecule has 1 saturated carbocycles. The first-order valence-electron chi connectivity index (χ1n) is 9.43. The van der Waals surface area contributed by atoms with E-state index in [4.69, 9.17) is 0 Å². The van der Waals surface area contributed by atoms with E-state index in [0.29, 0.717) is 25.6 Å². The number of carbonyl (C=O) groups excluding carboxylic acids is 2. The van der Waals surface area contributed by atoms with Crippen molar-refractivity contribution in [2.24, 2.45) is 5.92 Å². The van der Waals surface area contributed by atoms with Crippen molar-refractivity contribution in [3.8, 4) is 0 Å². The van der Waals surface area contributed by atoms with Crippen LogP contribution in [-0.4, -0.2) is 54.3 Å². The van der Waals surface area contributed by atoms with Crippen LogP contribution in [0.1, 0.15) is 37.7 Å². The fourth-order valence-electron chi connectivity index (χ4n) is 3.96. The van der Waals surface area contributed by atoms with Crippen LogP contribution in [0, 0.1) is 5.92 Å². The van der Waals surface area contributed by atoms with Gasteiger partial charge in [-0.2, -0.15) is 0 Å². The molecule has 25 heavy (non-hydrogen) atoms. The summed E-state index contributed by atoms with van der Waals surface area (Å²) in [5.41, 5.74) is 1.27. The number of hydrogen-bond acceptors (Lipinski definition) is 3. The number of likely N-dealkylation sites (N-methyl/N-ethyl adjacent to an activating group) is 1. The number of hydrogen-bond donors (Lipinski definition) is 1. The summed E-state index contributed by atoms with van der Waals surface area (Å²) in [5, 5.41) is 3.01. The van der Waals surface area contributed by atoms with Gasteiger partial charge >= 0.3 is 0 Å². The number of rotatable bonds is 7. The fraction of sp³-hybridized carbons (Fsp3) is 0.600. The second-order valence-corrected chi connectivity index (χ2v) is 7.40. The van der Waals surface area contributed by atoms with Crippen molar-refractivity contribution in [2.75, 3.05) is 26.7 Å². The van der Waals surface area contributed by atoms with Gasteiger partial charge in [0.2, 0.25) is 11.8 Å². The van der Waals surface area contributed by atoms with Gasteiger partial charge in [0.05, 0.1) is 5.92 Å². The molecule has 1 N–H and O–H groups in total. The maximum Gasteiger partial charge on any atom is 0.225 e. The molecule has 2 amide bonds. The van der Waals surface area contributed by atoms with Crippen molar-refractivity contribution in [3.63, 3.8) is 0 Å². The molecular formula is C20H29N3O2. The second kappa shape index (κ2) is 8.48. The van der Waals surface area contributed by atoms with Crippen LogP contribution in [0.25, 0.3) is 0 Å². The van der Waals surface area contributed by atoms with Crippen molar-refractivity contribution < 1.29 is 9.59 Å². The van der Waals surface area contributed by atoms with Gasteiger partial charge in [-0.3, -0.25) is 9.59 Å². The van der Waals surface area contributed by atoms with E-state index in [9.17, 15) is 9.59 Å². The van der Waals surface area contributed by atoms with E-state index >= 15 is 0 Å². The average Bonchev–Trinajstić information content (AvgIpc) is 3.25. The van der Waals surface area contributed by atoms with Gasteiger partial charge in [0.15, 0.2) is 0 Å². The van der Waals surface area contributed by atoms with Crippen LogP contribution in [-0.2, 0) is 16.1 Å². The van der Waals surface area contributed by atoms with E-state index in [-0.39, 0.29) is 17.7 Å². The van der Waals surface area contributed by atoms with E-state index in [1.807, 2.05) is 23.1 Å². The van der Waals surface area contributed by atoms with Gasteiger partial charge in [-0.15, -0.1) is 0 Å². The van der Waals surface area contributed by atoms with Gasteiger partial charge in [-0.25, -0.2) is 0 Å². The summed E-state index contributed by atoms with van der Waals surface area (Å²) in [4.78, 5) is 28.7. The minimum atomic E-state index is -0.174. The van der Waals surface area contributed by atoms with E-state index < -0.39 is 0 Å². The Balaban J connectivity index is 1.38. The fourth-order valence-corrected chi connectivity index (χ4v) is 3.96. The van der Waals surface area contributed by atoms with Crippen molar-refractivity contribution in [3.05, 3.63) is 35.9 Å². The Morgan fingerprint density at radius 2 is 1.96 bits per heavy atom. The monoisotopic (exact) mass is 343 g/mol. The van der Waals surface area contributed by atoms with Gasteiger partial charge in [0, 0.05) is 38.6 Å². The maximum absolute atomic E-state index is 12.4. The summed E-state index contributed by atoms with van der Waals surface area (Å²) < 4.78 is 0. The Morgan fingerprint density at radius 3 is 2.68 bits per heavy atom. The Labute approximate surface area is 150 Å². The van der Waals surface area contributed by atoms with Crippen LogP contribution < -0.4 is 5.32 Å². The zero-order chi connectivity index (χ0) is 17.6. The molecule has 2 aliphatic rings. The van der Waals surface area contributed by atoms with Crippen molar-refractivity contribution in [1.29, 1.82) is 0 Å². The molecule has 0 radical (unpaired) electrons. The zero-order valence-corrected chi connectivity index (χ0v) is 15.1. The lowest BCUT2D eigenvalue weighted by Gasteiger charge is -2.24. The van der Waals surface area contributed by atoms with Crippen LogP contribution in [0.5, 0.6) is 0 Å². The summed E-state index contributed by atoms with van der Waals surface area (Å²) >= 11 is 0. The molecule has 1 aromatic carbocycles. The first-order valence-corrected chi connectivity index (χ1v) is 9.43. The second-order valence-electron chi connectivity index (χ2n) is 7.40. The number of amides is 2. The minimum Gasteiger partial charge on any atom is -0.355 e. The molecule has 0 spiro atoms. The Hall–Kier alpha value is -1.88. The topological polar surface area (TPSA) is 52.7 Å². The summed E-state index contributed by atoms with van der Waals surface area (Å²) in [5.74, 6) is 0.0164. The van der Waals surface area contributed by atoms with Crippen LogP contribution in [0.15, 0.2) is 30.3 Å². The smallest absolute Gasteiger partial charge is 0.225 e.